The van der Waals surface area contributed by atoms with Gasteiger partial charge >= 0.3 is 0 Å². The van der Waals surface area contributed by atoms with Gasteiger partial charge < -0.3 is 4.90 Å². The van der Waals surface area contributed by atoms with Gasteiger partial charge in [-0.2, -0.15) is 0 Å². The summed E-state index contributed by atoms with van der Waals surface area (Å²) in [5, 5.41) is 1.74. The van der Waals surface area contributed by atoms with Crippen LogP contribution in [0.4, 0.5) is 4.39 Å². The smallest absolute Gasteiger partial charge is 0.250 e. The highest BCUT2D eigenvalue weighted by atomic mass is 32.2. The SMILES string of the molecule is O=C(N1CCC(NS(=O)(=O)c2cccs2)CC1)C1(c2cccc(F)c2)CCCC1. The number of halogens is 1. The lowest BCUT2D eigenvalue weighted by atomic mass is 9.77. The number of piperidine rings is 1. The van der Waals surface area contributed by atoms with Crippen molar-refractivity contribution in [2.75, 3.05) is 13.1 Å². The van der Waals surface area contributed by atoms with Crippen LogP contribution in [0.3, 0.4) is 0 Å². The zero-order valence-electron chi connectivity index (χ0n) is 16.1. The van der Waals surface area contributed by atoms with Crippen molar-refractivity contribution in [2.45, 2.75) is 54.2 Å². The van der Waals surface area contributed by atoms with E-state index in [0.717, 1.165) is 31.2 Å². The van der Waals surface area contributed by atoms with E-state index in [1.807, 2.05) is 11.0 Å². The highest BCUT2D eigenvalue weighted by Crippen LogP contribution is 2.43. The lowest BCUT2D eigenvalue weighted by Gasteiger charge is -2.39. The molecule has 4 rings (SSSR count). The fraction of sp³-hybridized carbons (Fsp3) is 0.476. The normalized spacial score (nSPS) is 20.1. The summed E-state index contributed by atoms with van der Waals surface area (Å²) in [5.41, 5.74) is 0.117. The van der Waals surface area contributed by atoms with Gasteiger partial charge in [-0.3, -0.25) is 4.79 Å². The second-order valence-electron chi connectivity index (χ2n) is 7.92. The summed E-state index contributed by atoms with van der Waals surface area (Å²) in [7, 11) is -3.51. The number of likely N-dealkylation sites (tertiary alicyclic amines) is 1. The van der Waals surface area contributed by atoms with Crippen LogP contribution in [0.25, 0.3) is 0 Å². The highest BCUT2D eigenvalue weighted by Gasteiger charge is 2.45. The molecule has 8 heteroatoms. The Kier molecular flexibility index (Phi) is 5.77. The Morgan fingerprint density at radius 1 is 1.14 bits per heavy atom. The van der Waals surface area contributed by atoms with Gasteiger partial charge in [-0.1, -0.05) is 31.0 Å². The molecule has 2 aromatic rings. The van der Waals surface area contributed by atoms with Crippen LogP contribution in [-0.4, -0.2) is 38.4 Å². The first-order valence-corrected chi connectivity index (χ1v) is 12.4. The van der Waals surface area contributed by atoms with Crippen molar-refractivity contribution in [2.24, 2.45) is 0 Å². The van der Waals surface area contributed by atoms with Crippen molar-refractivity contribution >= 4 is 27.3 Å². The molecule has 0 atom stereocenters. The predicted octanol–water partition coefficient (Wildman–Crippen LogP) is 3.67. The second-order valence-corrected chi connectivity index (χ2v) is 10.8. The van der Waals surface area contributed by atoms with Gasteiger partial charge in [-0.15, -0.1) is 11.3 Å². The standard InChI is InChI=1S/C21H25FN2O3S2/c22-17-6-3-5-16(15-17)21(10-1-2-11-21)20(25)24-12-8-18(9-13-24)23-29(26,27)19-7-4-14-28-19/h3-7,14-15,18,23H,1-2,8-13H2. The van der Waals surface area contributed by atoms with E-state index in [1.54, 1.807) is 23.6 Å². The monoisotopic (exact) mass is 436 g/mol. The molecule has 1 aliphatic carbocycles. The summed E-state index contributed by atoms with van der Waals surface area (Å²) in [6.07, 6.45) is 4.55. The van der Waals surface area contributed by atoms with Crippen LogP contribution in [-0.2, 0) is 20.2 Å². The number of amides is 1. The van der Waals surface area contributed by atoms with E-state index in [4.69, 9.17) is 0 Å². The first kappa shape index (κ1) is 20.5. The molecule has 5 nitrogen and oxygen atoms in total. The maximum absolute atomic E-state index is 13.8. The molecule has 1 aliphatic heterocycles. The number of rotatable bonds is 5. The molecule has 0 unspecified atom stereocenters. The predicted molar refractivity (Wildman–Crippen MR) is 111 cm³/mol. The quantitative estimate of drug-likeness (QED) is 0.778. The molecule has 0 spiro atoms. The molecule has 1 amide bonds. The molecule has 0 bridgehead atoms. The third-order valence-corrected chi connectivity index (χ3v) is 9.03. The lowest BCUT2D eigenvalue weighted by Crippen LogP contribution is -2.51. The zero-order valence-corrected chi connectivity index (χ0v) is 17.8. The van der Waals surface area contributed by atoms with Gasteiger partial charge in [0.05, 0.1) is 5.41 Å². The Morgan fingerprint density at radius 2 is 1.86 bits per heavy atom. The summed E-state index contributed by atoms with van der Waals surface area (Å²) in [6, 6.07) is 9.55. The number of hydrogen-bond donors (Lipinski definition) is 1. The Hall–Kier alpha value is -1.77. The Labute approximate surface area is 175 Å². The molecule has 1 saturated heterocycles. The number of carbonyl (C=O) groups excluding carboxylic acids is 1. The number of sulfonamides is 1. The van der Waals surface area contributed by atoms with Crippen molar-refractivity contribution in [3.8, 4) is 0 Å². The summed E-state index contributed by atoms with van der Waals surface area (Å²) in [5.74, 6) is -0.261. The van der Waals surface area contributed by atoms with Crippen LogP contribution < -0.4 is 4.72 Å². The van der Waals surface area contributed by atoms with Crippen LogP contribution in [0.2, 0.25) is 0 Å². The Bertz CT molecular complexity index is 962. The van der Waals surface area contributed by atoms with E-state index in [-0.39, 0.29) is 17.8 Å². The van der Waals surface area contributed by atoms with Crippen LogP contribution in [0, 0.1) is 5.82 Å². The summed E-state index contributed by atoms with van der Waals surface area (Å²) in [4.78, 5) is 15.3. The van der Waals surface area contributed by atoms with Gasteiger partial charge in [-0.25, -0.2) is 17.5 Å². The van der Waals surface area contributed by atoms with Crippen LogP contribution in [0.1, 0.15) is 44.1 Å². The molecule has 2 fully saturated rings. The summed E-state index contributed by atoms with van der Waals surface area (Å²) < 4.78 is 41.8. The van der Waals surface area contributed by atoms with Gasteiger partial charge in [-0.05, 0) is 54.8 Å². The number of carbonyl (C=O) groups is 1. The van der Waals surface area contributed by atoms with E-state index >= 15 is 0 Å². The largest absolute Gasteiger partial charge is 0.342 e. The average molecular weight is 437 g/mol. The summed E-state index contributed by atoms with van der Waals surface area (Å²) in [6.45, 7) is 1.01. The highest BCUT2D eigenvalue weighted by molar-refractivity contribution is 7.91. The van der Waals surface area contributed by atoms with Crippen LogP contribution in [0.15, 0.2) is 46.0 Å². The van der Waals surface area contributed by atoms with Crippen molar-refractivity contribution < 1.29 is 17.6 Å². The molecule has 1 aromatic heterocycles. The van der Waals surface area contributed by atoms with Crippen molar-refractivity contribution in [3.63, 3.8) is 0 Å². The number of nitrogens with zero attached hydrogens (tertiary/aromatic N) is 1. The average Bonchev–Trinajstić information content (AvgIpc) is 3.41. The molecule has 1 saturated carbocycles. The molecular formula is C21H25FN2O3S2. The Balaban J connectivity index is 1.44. The van der Waals surface area contributed by atoms with Crippen LogP contribution in [0.5, 0.6) is 0 Å². The van der Waals surface area contributed by atoms with Crippen molar-refractivity contribution in [1.82, 2.24) is 9.62 Å². The molecular weight excluding hydrogens is 411 g/mol. The topological polar surface area (TPSA) is 66.5 Å². The fourth-order valence-corrected chi connectivity index (χ4v) is 6.90. The fourth-order valence-electron chi connectivity index (χ4n) is 4.59. The van der Waals surface area contributed by atoms with E-state index in [2.05, 4.69) is 4.72 Å². The third kappa shape index (κ3) is 4.11. The first-order valence-electron chi connectivity index (χ1n) is 10.0. The minimum absolute atomic E-state index is 0.0557. The lowest BCUT2D eigenvalue weighted by molar-refractivity contribution is -0.138. The second kappa shape index (κ2) is 8.16. The molecule has 2 heterocycles. The minimum Gasteiger partial charge on any atom is -0.342 e. The summed E-state index contributed by atoms with van der Waals surface area (Å²) >= 11 is 1.19. The van der Waals surface area contributed by atoms with Crippen LogP contribution >= 0.6 is 11.3 Å². The number of hydrogen-bond acceptors (Lipinski definition) is 4. The molecule has 156 valence electrons. The molecule has 29 heavy (non-hydrogen) atoms. The van der Waals surface area contributed by atoms with E-state index in [9.17, 15) is 17.6 Å². The maximum atomic E-state index is 13.8. The van der Waals surface area contributed by atoms with Gasteiger partial charge in [0.2, 0.25) is 15.9 Å². The first-order chi connectivity index (χ1) is 13.9. The Morgan fingerprint density at radius 3 is 2.48 bits per heavy atom. The number of benzene rings is 1. The van der Waals surface area contributed by atoms with Crippen molar-refractivity contribution in [3.05, 3.63) is 53.2 Å². The molecule has 2 aliphatic rings. The molecule has 1 aromatic carbocycles. The van der Waals surface area contributed by atoms with E-state index in [0.29, 0.717) is 30.1 Å². The minimum atomic E-state index is -3.51. The third-order valence-electron chi connectivity index (χ3n) is 6.11. The zero-order chi connectivity index (χ0) is 20.5. The van der Waals surface area contributed by atoms with Gasteiger partial charge in [0.25, 0.3) is 0 Å². The maximum Gasteiger partial charge on any atom is 0.250 e. The van der Waals surface area contributed by atoms with E-state index in [1.165, 1.54) is 23.5 Å². The molecule has 1 N–H and O–H groups in total. The van der Waals surface area contributed by atoms with Gasteiger partial charge in [0.15, 0.2) is 0 Å². The number of thiophene rings is 1. The van der Waals surface area contributed by atoms with Crippen molar-refractivity contribution in [1.29, 1.82) is 0 Å². The number of nitrogens with one attached hydrogen (secondary N) is 1. The van der Waals surface area contributed by atoms with Gasteiger partial charge in [0, 0.05) is 19.1 Å². The van der Waals surface area contributed by atoms with E-state index < -0.39 is 15.4 Å². The van der Waals surface area contributed by atoms with Gasteiger partial charge in [0.1, 0.15) is 10.0 Å². The molecule has 0 radical (unpaired) electrons.